The van der Waals surface area contributed by atoms with Gasteiger partial charge in [0.05, 0.1) is 17.4 Å². The van der Waals surface area contributed by atoms with E-state index in [9.17, 15) is 9.59 Å². The smallest absolute Gasteiger partial charge is 0.262 e. The molecule has 0 aliphatic carbocycles. The molecule has 0 fully saturated rings. The number of aromatic nitrogens is 2. The number of hydrogen-bond donors (Lipinski definition) is 1. The van der Waals surface area contributed by atoms with Gasteiger partial charge in [0, 0.05) is 28.8 Å². The van der Waals surface area contributed by atoms with Crippen molar-refractivity contribution in [2.45, 2.75) is 17.9 Å². The molecule has 0 saturated carbocycles. The van der Waals surface area contributed by atoms with Gasteiger partial charge in [0.1, 0.15) is 4.83 Å². The minimum Gasteiger partial charge on any atom is -0.325 e. The predicted molar refractivity (Wildman–Crippen MR) is 121 cm³/mol. The number of rotatable bonds is 6. The van der Waals surface area contributed by atoms with Gasteiger partial charge in [-0.1, -0.05) is 42.5 Å². The SMILES string of the molecule is CSc1ccccc1NC(=O)CCn1cnc2scc(-c3ccccc3)c2c1=O. The molecule has 2 heterocycles. The molecule has 146 valence electrons. The third kappa shape index (κ3) is 4.11. The molecular weight excluding hydrogens is 402 g/mol. The van der Waals surface area contributed by atoms with Crippen LogP contribution in [0.4, 0.5) is 5.69 Å². The molecule has 0 bridgehead atoms. The molecule has 0 spiro atoms. The van der Waals surface area contributed by atoms with E-state index in [1.165, 1.54) is 22.2 Å². The summed E-state index contributed by atoms with van der Waals surface area (Å²) in [4.78, 5) is 31.6. The number of nitrogens with zero attached hydrogens (tertiary/aromatic N) is 2. The molecule has 0 saturated heterocycles. The third-order valence-corrected chi connectivity index (χ3v) is 6.29. The molecule has 0 atom stereocenters. The van der Waals surface area contributed by atoms with Crippen LogP contribution in [-0.4, -0.2) is 21.7 Å². The van der Waals surface area contributed by atoms with E-state index < -0.39 is 0 Å². The van der Waals surface area contributed by atoms with E-state index in [0.29, 0.717) is 10.2 Å². The third-order valence-electron chi connectivity index (χ3n) is 4.61. The molecule has 0 aliphatic heterocycles. The standard InChI is InChI=1S/C22H19N3O2S2/c1-28-18-10-6-5-9-17(18)24-19(26)11-12-25-14-23-21-20(22(25)27)16(13-29-21)15-7-3-2-4-8-15/h2-10,13-14H,11-12H2,1H3,(H,24,26). The predicted octanol–water partition coefficient (Wildman–Crippen LogP) is 4.88. The molecule has 4 aromatic rings. The van der Waals surface area contributed by atoms with Gasteiger partial charge in [-0.2, -0.15) is 0 Å². The van der Waals surface area contributed by atoms with Crippen molar-refractivity contribution in [1.29, 1.82) is 0 Å². The number of carbonyl (C=O) groups excluding carboxylic acids is 1. The number of para-hydroxylation sites is 1. The number of thioether (sulfide) groups is 1. The first kappa shape index (κ1) is 19.4. The van der Waals surface area contributed by atoms with Crippen LogP contribution in [0.2, 0.25) is 0 Å². The molecule has 0 radical (unpaired) electrons. The Balaban J connectivity index is 1.55. The maximum atomic E-state index is 13.0. The van der Waals surface area contributed by atoms with Crippen molar-refractivity contribution in [1.82, 2.24) is 9.55 Å². The molecule has 2 aromatic carbocycles. The lowest BCUT2D eigenvalue weighted by atomic mass is 10.1. The van der Waals surface area contributed by atoms with Crippen molar-refractivity contribution in [2.24, 2.45) is 0 Å². The van der Waals surface area contributed by atoms with Crippen molar-refractivity contribution in [3.63, 3.8) is 0 Å². The highest BCUT2D eigenvalue weighted by atomic mass is 32.2. The highest BCUT2D eigenvalue weighted by Gasteiger charge is 2.14. The summed E-state index contributed by atoms with van der Waals surface area (Å²) in [5.74, 6) is -0.132. The quantitative estimate of drug-likeness (QED) is 0.451. The summed E-state index contributed by atoms with van der Waals surface area (Å²) in [5, 5.41) is 5.50. The number of fused-ring (bicyclic) bond motifs is 1. The molecule has 1 N–H and O–H groups in total. The summed E-state index contributed by atoms with van der Waals surface area (Å²) in [6, 6.07) is 17.5. The van der Waals surface area contributed by atoms with E-state index >= 15 is 0 Å². The van der Waals surface area contributed by atoms with Crippen LogP contribution in [0, 0.1) is 0 Å². The van der Waals surface area contributed by atoms with E-state index in [1.54, 1.807) is 11.8 Å². The number of thiophene rings is 1. The van der Waals surface area contributed by atoms with Gasteiger partial charge in [0.2, 0.25) is 5.91 Å². The Kier molecular flexibility index (Phi) is 5.78. The van der Waals surface area contributed by atoms with Crippen molar-refractivity contribution >= 4 is 44.9 Å². The van der Waals surface area contributed by atoms with E-state index in [-0.39, 0.29) is 24.4 Å². The zero-order valence-electron chi connectivity index (χ0n) is 15.8. The van der Waals surface area contributed by atoms with Crippen molar-refractivity contribution in [2.75, 3.05) is 11.6 Å². The maximum Gasteiger partial charge on any atom is 0.262 e. The average Bonchev–Trinajstić information content (AvgIpc) is 3.19. The Morgan fingerprint density at radius 3 is 2.69 bits per heavy atom. The Bertz CT molecular complexity index is 1220. The van der Waals surface area contributed by atoms with Gasteiger partial charge in [0.25, 0.3) is 5.56 Å². The average molecular weight is 422 g/mol. The first-order valence-electron chi connectivity index (χ1n) is 9.12. The van der Waals surface area contributed by atoms with Crippen LogP contribution in [0.5, 0.6) is 0 Å². The van der Waals surface area contributed by atoms with Crippen LogP contribution in [0.3, 0.4) is 0 Å². The lowest BCUT2D eigenvalue weighted by molar-refractivity contribution is -0.116. The topological polar surface area (TPSA) is 64.0 Å². The highest BCUT2D eigenvalue weighted by molar-refractivity contribution is 7.98. The Hall–Kier alpha value is -2.90. The molecule has 5 nitrogen and oxygen atoms in total. The van der Waals surface area contributed by atoms with Crippen LogP contribution in [0.1, 0.15) is 6.42 Å². The Labute approximate surface area is 176 Å². The monoisotopic (exact) mass is 421 g/mol. The Morgan fingerprint density at radius 2 is 1.90 bits per heavy atom. The number of hydrogen-bond acceptors (Lipinski definition) is 5. The lowest BCUT2D eigenvalue weighted by Gasteiger charge is -2.10. The van der Waals surface area contributed by atoms with E-state index in [4.69, 9.17) is 0 Å². The Morgan fingerprint density at radius 1 is 1.14 bits per heavy atom. The molecular formula is C22H19N3O2S2. The minimum absolute atomic E-state index is 0.118. The number of aryl methyl sites for hydroxylation is 1. The summed E-state index contributed by atoms with van der Waals surface area (Å²) in [5.41, 5.74) is 2.54. The first-order chi connectivity index (χ1) is 14.2. The fraction of sp³-hybridized carbons (Fsp3) is 0.136. The van der Waals surface area contributed by atoms with E-state index in [1.807, 2.05) is 66.2 Å². The fourth-order valence-electron chi connectivity index (χ4n) is 3.14. The minimum atomic E-state index is -0.132. The number of anilines is 1. The zero-order chi connectivity index (χ0) is 20.2. The highest BCUT2D eigenvalue weighted by Crippen LogP contribution is 2.30. The second-order valence-electron chi connectivity index (χ2n) is 6.44. The van der Waals surface area contributed by atoms with Crippen LogP contribution >= 0.6 is 23.1 Å². The van der Waals surface area contributed by atoms with Gasteiger partial charge in [0.15, 0.2) is 0 Å². The lowest BCUT2D eigenvalue weighted by Crippen LogP contribution is -2.23. The molecule has 1 amide bonds. The number of benzene rings is 2. The van der Waals surface area contributed by atoms with E-state index in [2.05, 4.69) is 10.3 Å². The molecule has 2 aromatic heterocycles. The molecule has 29 heavy (non-hydrogen) atoms. The summed E-state index contributed by atoms with van der Waals surface area (Å²) in [6.07, 6.45) is 3.69. The van der Waals surface area contributed by atoms with Crippen molar-refractivity contribution < 1.29 is 4.79 Å². The van der Waals surface area contributed by atoms with Crippen LogP contribution in [0.15, 0.2) is 76.0 Å². The second kappa shape index (κ2) is 8.63. The van der Waals surface area contributed by atoms with Crippen LogP contribution in [0.25, 0.3) is 21.3 Å². The summed E-state index contributed by atoms with van der Waals surface area (Å²) >= 11 is 3.03. The number of carbonyl (C=O) groups is 1. The summed E-state index contributed by atoms with van der Waals surface area (Å²) in [6.45, 7) is 0.277. The summed E-state index contributed by atoms with van der Waals surface area (Å²) in [7, 11) is 0. The second-order valence-corrected chi connectivity index (χ2v) is 8.14. The van der Waals surface area contributed by atoms with E-state index in [0.717, 1.165) is 21.7 Å². The van der Waals surface area contributed by atoms with Crippen molar-refractivity contribution in [3.8, 4) is 11.1 Å². The molecule has 0 unspecified atom stereocenters. The largest absolute Gasteiger partial charge is 0.325 e. The van der Waals surface area contributed by atoms with Crippen LogP contribution in [-0.2, 0) is 11.3 Å². The fourth-order valence-corrected chi connectivity index (χ4v) is 4.60. The summed E-state index contributed by atoms with van der Waals surface area (Å²) < 4.78 is 1.52. The first-order valence-corrected chi connectivity index (χ1v) is 11.2. The van der Waals surface area contributed by atoms with Gasteiger partial charge < -0.3 is 5.32 Å². The van der Waals surface area contributed by atoms with Gasteiger partial charge in [-0.25, -0.2) is 4.98 Å². The molecule has 4 rings (SSSR count). The van der Waals surface area contributed by atoms with Gasteiger partial charge >= 0.3 is 0 Å². The van der Waals surface area contributed by atoms with Gasteiger partial charge in [-0.05, 0) is 24.0 Å². The maximum absolute atomic E-state index is 13.0. The van der Waals surface area contributed by atoms with Crippen molar-refractivity contribution in [3.05, 3.63) is 76.7 Å². The molecule has 7 heteroatoms. The normalized spacial score (nSPS) is 10.9. The zero-order valence-corrected chi connectivity index (χ0v) is 17.4. The van der Waals surface area contributed by atoms with Gasteiger partial charge in [-0.15, -0.1) is 23.1 Å². The molecule has 0 aliphatic rings. The van der Waals surface area contributed by atoms with Crippen LogP contribution < -0.4 is 10.9 Å². The number of nitrogens with one attached hydrogen (secondary N) is 1. The number of amides is 1. The van der Waals surface area contributed by atoms with Gasteiger partial charge in [-0.3, -0.25) is 14.2 Å².